The zero-order chi connectivity index (χ0) is 20.5. The summed E-state index contributed by atoms with van der Waals surface area (Å²) in [5, 5.41) is 2.78. The molecule has 1 N–H and O–H groups in total. The molecule has 2 heterocycles. The Morgan fingerprint density at radius 2 is 1.68 bits per heavy atom. The summed E-state index contributed by atoms with van der Waals surface area (Å²) in [6.07, 6.45) is 3.87. The van der Waals surface area contributed by atoms with Crippen LogP contribution in [0.2, 0.25) is 0 Å². The number of hydrogen-bond acceptors (Lipinski definition) is 5. The average molecular weight is 393 g/mol. The van der Waals surface area contributed by atoms with Crippen LogP contribution in [-0.4, -0.2) is 64.9 Å². The van der Waals surface area contributed by atoms with Gasteiger partial charge in [0.15, 0.2) is 6.10 Å². The van der Waals surface area contributed by atoms with Gasteiger partial charge in [0.05, 0.1) is 0 Å². The van der Waals surface area contributed by atoms with Crippen LogP contribution in [0.4, 0.5) is 4.79 Å². The Bertz CT molecular complexity index is 648. The Labute approximate surface area is 165 Å². The predicted molar refractivity (Wildman–Crippen MR) is 101 cm³/mol. The number of likely N-dealkylation sites (tertiary alicyclic amines) is 1. The second kappa shape index (κ2) is 8.09. The lowest BCUT2D eigenvalue weighted by Gasteiger charge is -2.33. The molecular weight excluding hydrogens is 362 g/mol. The highest BCUT2D eigenvalue weighted by Gasteiger charge is 2.52. The number of imide groups is 1. The molecule has 0 unspecified atom stereocenters. The van der Waals surface area contributed by atoms with Crippen LogP contribution in [0.1, 0.15) is 59.3 Å². The van der Waals surface area contributed by atoms with Gasteiger partial charge in [-0.1, -0.05) is 13.8 Å². The van der Waals surface area contributed by atoms with Gasteiger partial charge >= 0.3 is 12.0 Å². The second-order valence-electron chi connectivity index (χ2n) is 8.73. The number of esters is 1. The van der Waals surface area contributed by atoms with Crippen molar-refractivity contribution in [1.82, 2.24) is 15.1 Å². The van der Waals surface area contributed by atoms with E-state index in [1.165, 1.54) is 6.92 Å². The average Bonchev–Trinajstić information content (AvgIpc) is 2.88. The van der Waals surface area contributed by atoms with Gasteiger partial charge in [-0.25, -0.2) is 4.79 Å². The third-order valence-electron chi connectivity index (χ3n) is 6.41. The molecular formula is C20H31N3O5. The summed E-state index contributed by atoms with van der Waals surface area (Å²) in [5.74, 6) is -0.202. The molecule has 1 spiro atoms. The topological polar surface area (TPSA) is 96.0 Å². The van der Waals surface area contributed by atoms with Gasteiger partial charge in [-0.05, 0) is 57.3 Å². The number of amides is 4. The van der Waals surface area contributed by atoms with E-state index in [4.69, 9.17) is 4.74 Å². The zero-order valence-corrected chi connectivity index (χ0v) is 17.0. The molecule has 0 aromatic heterocycles. The Kier molecular flexibility index (Phi) is 5.95. The van der Waals surface area contributed by atoms with Gasteiger partial charge in [-0.2, -0.15) is 0 Å². The van der Waals surface area contributed by atoms with Crippen molar-refractivity contribution < 1.29 is 23.9 Å². The zero-order valence-electron chi connectivity index (χ0n) is 17.0. The number of carbonyl (C=O) groups excluding carboxylic acids is 4. The molecule has 156 valence electrons. The van der Waals surface area contributed by atoms with E-state index in [-0.39, 0.29) is 11.8 Å². The first-order valence-corrected chi connectivity index (χ1v) is 10.3. The first kappa shape index (κ1) is 20.6. The first-order chi connectivity index (χ1) is 13.2. The minimum Gasteiger partial charge on any atom is -0.451 e. The summed E-state index contributed by atoms with van der Waals surface area (Å²) in [4.78, 5) is 52.5. The van der Waals surface area contributed by atoms with Crippen molar-refractivity contribution in [2.45, 2.75) is 70.9 Å². The number of urea groups is 1. The molecule has 4 amide bonds. The maximum Gasteiger partial charge on any atom is 0.327 e. The molecule has 0 bridgehead atoms. The monoisotopic (exact) mass is 393 g/mol. The van der Waals surface area contributed by atoms with E-state index in [2.05, 4.69) is 19.2 Å². The van der Waals surface area contributed by atoms with Crippen molar-refractivity contribution in [3.05, 3.63) is 0 Å². The summed E-state index contributed by atoms with van der Waals surface area (Å²) in [6.45, 7) is 6.68. The molecule has 3 aliphatic rings. The Morgan fingerprint density at radius 1 is 1.11 bits per heavy atom. The summed E-state index contributed by atoms with van der Waals surface area (Å²) < 4.78 is 5.24. The highest BCUT2D eigenvalue weighted by atomic mass is 16.5. The van der Waals surface area contributed by atoms with Crippen molar-refractivity contribution in [3.8, 4) is 0 Å². The van der Waals surface area contributed by atoms with Gasteiger partial charge in [0.1, 0.15) is 12.1 Å². The van der Waals surface area contributed by atoms with Crippen LogP contribution in [0.15, 0.2) is 0 Å². The third-order valence-corrected chi connectivity index (χ3v) is 6.41. The van der Waals surface area contributed by atoms with Crippen molar-refractivity contribution >= 4 is 23.8 Å². The van der Waals surface area contributed by atoms with Gasteiger partial charge in [0.2, 0.25) is 0 Å². The van der Waals surface area contributed by atoms with E-state index < -0.39 is 30.2 Å². The minimum atomic E-state index is -0.925. The number of nitrogens with zero attached hydrogens (tertiary/aromatic N) is 2. The van der Waals surface area contributed by atoms with E-state index in [1.54, 1.807) is 4.90 Å². The van der Waals surface area contributed by atoms with Crippen molar-refractivity contribution in [1.29, 1.82) is 0 Å². The largest absolute Gasteiger partial charge is 0.451 e. The van der Waals surface area contributed by atoms with Crippen LogP contribution in [0, 0.1) is 11.8 Å². The standard InChI is InChI=1S/C20H31N3O5/c1-13-4-8-20(9-5-13)18(26)23(19(27)21-20)12-16(24)28-15(3)17(25)22-10-6-14(2)7-11-22/h13-15H,4-12H2,1-3H3,(H,21,27)/t13?,15-,20?/m1/s1. The molecule has 3 rings (SSSR count). The first-order valence-electron chi connectivity index (χ1n) is 10.3. The van der Waals surface area contributed by atoms with Crippen LogP contribution in [0.3, 0.4) is 0 Å². The molecule has 2 saturated heterocycles. The molecule has 0 aromatic rings. The smallest absolute Gasteiger partial charge is 0.327 e. The van der Waals surface area contributed by atoms with E-state index in [0.29, 0.717) is 37.8 Å². The normalized spacial score (nSPS) is 29.8. The number of nitrogens with one attached hydrogen (secondary N) is 1. The lowest BCUT2D eigenvalue weighted by atomic mass is 9.77. The molecule has 1 atom stereocenters. The van der Waals surface area contributed by atoms with Gasteiger partial charge in [0.25, 0.3) is 11.8 Å². The highest BCUT2D eigenvalue weighted by molar-refractivity contribution is 6.08. The van der Waals surface area contributed by atoms with Gasteiger partial charge < -0.3 is 15.0 Å². The molecule has 8 heteroatoms. The third kappa shape index (κ3) is 4.15. The summed E-state index contributed by atoms with van der Waals surface area (Å²) in [6, 6.07) is -0.555. The lowest BCUT2D eigenvalue weighted by Crippen LogP contribution is -2.49. The van der Waals surface area contributed by atoms with Crippen LogP contribution in [0.25, 0.3) is 0 Å². The fraction of sp³-hybridized carbons (Fsp3) is 0.800. The van der Waals surface area contributed by atoms with Crippen LogP contribution in [0.5, 0.6) is 0 Å². The van der Waals surface area contributed by atoms with Gasteiger partial charge in [0, 0.05) is 13.1 Å². The number of ether oxygens (including phenoxy) is 1. The number of carbonyl (C=O) groups is 4. The summed E-state index contributed by atoms with van der Waals surface area (Å²) >= 11 is 0. The maximum absolute atomic E-state index is 12.8. The Morgan fingerprint density at radius 3 is 2.29 bits per heavy atom. The molecule has 2 aliphatic heterocycles. The van der Waals surface area contributed by atoms with E-state index in [9.17, 15) is 19.2 Å². The molecule has 0 aromatic carbocycles. The van der Waals surface area contributed by atoms with Crippen molar-refractivity contribution in [2.24, 2.45) is 11.8 Å². The maximum atomic E-state index is 12.8. The molecule has 1 saturated carbocycles. The Hall–Kier alpha value is -2.12. The van der Waals surface area contributed by atoms with E-state index >= 15 is 0 Å². The number of rotatable bonds is 4. The number of hydrogen-bond donors (Lipinski definition) is 1. The molecule has 28 heavy (non-hydrogen) atoms. The lowest BCUT2D eigenvalue weighted by molar-refractivity contribution is -0.161. The van der Waals surface area contributed by atoms with Crippen molar-refractivity contribution in [3.63, 3.8) is 0 Å². The fourth-order valence-electron chi connectivity index (χ4n) is 4.31. The van der Waals surface area contributed by atoms with Crippen molar-refractivity contribution in [2.75, 3.05) is 19.6 Å². The quantitative estimate of drug-likeness (QED) is 0.579. The van der Waals surface area contributed by atoms with Crippen LogP contribution < -0.4 is 5.32 Å². The van der Waals surface area contributed by atoms with Gasteiger partial charge in [-0.15, -0.1) is 0 Å². The molecule has 8 nitrogen and oxygen atoms in total. The molecule has 0 radical (unpaired) electrons. The Balaban J connectivity index is 1.53. The summed E-state index contributed by atoms with van der Waals surface area (Å²) in [7, 11) is 0. The van der Waals surface area contributed by atoms with Gasteiger partial charge in [-0.3, -0.25) is 19.3 Å². The van der Waals surface area contributed by atoms with E-state index in [0.717, 1.165) is 30.6 Å². The van der Waals surface area contributed by atoms with Crippen LogP contribution in [-0.2, 0) is 19.1 Å². The molecule has 3 fully saturated rings. The molecule has 1 aliphatic carbocycles. The predicted octanol–water partition coefficient (Wildman–Crippen LogP) is 1.68. The fourth-order valence-corrected chi connectivity index (χ4v) is 4.31. The highest BCUT2D eigenvalue weighted by Crippen LogP contribution is 2.36. The second-order valence-corrected chi connectivity index (χ2v) is 8.73. The minimum absolute atomic E-state index is 0.227. The summed E-state index contributed by atoms with van der Waals surface area (Å²) in [5.41, 5.74) is -0.879. The SMILES string of the molecule is CC1CCN(C(=O)[C@@H](C)OC(=O)CN2C(=O)NC3(CCC(C)CC3)C2=O)CC1. The van der Waals surface area contributed by atoms with Crippen LogP contribution >= 0.6 is 0 Å². The number of piperidine rings is 1. The van der Waals surface area contributed by atoms with E-state index in [1.807, 2.05) is 0 Å².